The molecule has 2 heteroatoms. The van der Waals surface area contributed by atoms with Gasteiger partial charge in [-0.15, -0.1) is 0 Å². The van der Waals surface area contributed by atoms with Crippen LogP contribution < -0.4 is 4.74 Å². The molecule has 3 aromatic rings. The molecule has 1 aromatic heterocycles. The predicted molar refractivity (Wildman–Crippen MR) is 84.4 cm³/mol. The van der Waals surface area contributed by atoms with E-state index in [-0.39, 0.29) is 4.74 Å². The van der Waals surface area contributed by atoms with Gasteiger partial charge in [-0.25, -0.2) is 0 Å². The Bertz CT molecular complexity index is 814. The van der Waals surface area contributed by atoms with Gasteiger partial charge < -0.3 is 0 Å². The molecule has 96 valence electrons. The summed E-state index contributed by atoms with van der Waals surface area (Å²) in [6.07, 6.45) is 1.74. The second-order valence-corrected chi connectivity index (χ2v) is 5.76. The van der Waals surface area contributed by atoms with Crippen LogP contribution in [0.2, 0.25) is 0 Å². The molecule has 0 aliphatic rings. The largest absolute Gasteiger partial charge is 0.278 e. The molecule has 0 saturated heterocycles. The Morgan fingerprint density at radius 2 is 1.58 bits per heavy atom. The summed E-state index contributed by atoms with van der Waals surface area (Å²) >= 11 is 1.38. The van der Waals surface area contributed by atoms with Gasteiger partial charge in [0.05, 0.1) is 0 Å². The molecule has 2 aromatic carbocycles. The quantitative estimate of drug-likeness (QED) is 0.624. The molecule has 0 spiro atoms. The summed E-state index contributed by atoms with van der Waals surface area (Å²) in [6, 6.07) is 12.7. The third kappa shape index (κ3) is 1.96. The Labute approximate surface area is 116 Å². The Morgan fingerprint density at radius 3 is 2.21 bits per heavy atom. The van der Waals surface area contributed by atoms with E-state index in [0.29, 0.717) is 0 Å². The van der Waals surface area contributed by atoms with Crippen molar-refractivity contribution >= 4 is 32.2 Å². The summed E-state index contributed by atoms with van der Waals surface area (Å²) in [5.41, 5.74) is 2.22. The first kappa shape index (κ1) is 12.4. The van der Waals surface area contributed by atoms with Gasteiger partial charge in [0, 0.05) is 10.3 Å². The van der Waals surface area contributed by atoms with Crippen LogP contribution in [-0.2, 0) is 12.8 Å². The highest BCUT2D eigenvalue weighted by Gasteiger charge is 2.10. The van der Waals surface area contributed by atoms with Crippen molar-refractivity contribution < 1.29 is 0 Å². The molecule has 0 aliphatic carbocycles. The molecule has 0 bridgehead atoms. The maximum Gasteiger partial charge on any atom is 0.236 e. The molecule has 3 rings (SSSR count). The zero-order valence-corrected chi connectivity index (χ0v) is 12.0. The fourth-order valence-electron chi connectivity index (χ4n) is 2.75. The number of hydrogen-bond acceptors (Lipinski definition) is 2. The third-order valence-electron chi connectivity index (χ3n) is 3.69. The Balaban J connectivity index is 2.50. The average molecular weight is 268 g/mol. The molecular formula is C17H16OS. The molecule has 1 nitrogen and oxygen atoms in total. The van der Waals surface area contributed by atoms with Gasteiger partial charge in [0.1, 0.15) is 0 Å². The van der Waals surface area contributed by atoms with E-state index in [1.807, 2.05) is 6.07 Å². The zero-order chi connectivity index (χ0) is 13.4. The molecule has 19 heavy (non-hydrogen) atoms. The fraction of sp³-hybridized carbons (Fsp3) is 0.235. The highest BCUT2D eigenvalue weighted by atomic mass is 32.1. The SMILES string of the molecule is CCc1c(CC)c2cc3ccccc3cc2sc1=O. The highest BCUT2D eigenvalue weighted by molar-refractivity contribution is 7.16. The second-order valence-electron chi connectivity index (χ2n) is 4.75. The van der Waals surface area contributed by atoms with Gasteiger partial charge in [-0.3, -0.25) is 4.79 Å². The van der Waals surface area contributed by atoms with Crippen molar-refractivity contribution in [2.24, 2.45) is 0 Å². The van der Waals surface area contributed by atoms with Crippen LogP contribution in [0.1, 0.15) is 25.0 Å². The van der Waals surface area contributed by atoms with E-state index in [2.05, 4.69) is 44.2 Å². The van der Waals surface area contributed by atoms with Crippen LogP contribution in [0.4, 0.5) is 0 Å². The van der Waals surface area contributed by atoms with Crippen LogP contribution in [0.5, 0.6) is 0 Å². The monoisotopic (exact) mass is 268 g/mol. The first-order valence-corrected chi connectivity index (χ1v) is 7.53. The van der Waals surface area contributed by atoms with Gasteiger partial charge in [-0.2, -0.15) is 0 Å². The van der Waals surface area contributed by atoms with Gasteiger partial charge in [-0.1, -0.05) is 49.4 Å². The van der Waals surface area contributed by atoms with E-state index in [1.54, 1.807) is 0 Å². The van der Waals surface area contributed by atoms with Crippen molar-refractivity contribution in [3.8, 4) is 0 Å². The molecule has 0 saturated carbocycles. The smallest absolute Gasteiger partial charge is 0.236 e. The van der Waals surface area contributed by atoms with Gasteiger partial charge >= 0.3 is 0 Å². The second kappa shape index (κ2) is 4.78. The van der Waals surface area contributed by atoms with Crippen LogP contribution in [0, 0.1) is 0 Å². The molecule has 0 aliphatic heterocycles. The molecule has 0 fully saturated rings. The molecule has 0 atom stereocenters. The van der Waals surface area contributed by atoms with Gasteiger partial charge in [0.2, 0.25) is 4.74 Å². The first-order chi connectivity index (χ1) is 9.24. The number of hydrogen-bond donors (Lipinski definition) is 0. The molecule has 0 radical (unpaired) electrons. The van der Waals surface area contributed by atoms with Crippen LogP contribution >= 0.6 is 11.3 Å². The van der Waals surface area contributed by atoms with Gasteiger partial charge in [0.25, 0.3) is 0 Å². The summed E-state index contributed by atoms with van der Waals surface area (Å²) in [4.78, 5) is 12.2. The van der Waals surface area contributed by atoms with Crippen LogP contribution in [-0.4, -0.2) is 0 Å². The molecular weight excluding hydrogens is 252 g/mol. The average Bonchev–Trinajstić information content (AvgIpc) is 2.43. The summed E-state index contributed by atoms with van der Waals surface area (Å²) in [7, 11) is 0. The van der Waals surface area contributed by atoms with Crippen LogP contribution in [0.3, 0.4) is 0 Å². The number of fused-ring (bicyclic) bond motifs is 2. The van der Waals surface area contributed by atoms with Crippen molar-refractivity contribution in [1.29, 1.82) is 0 Å². The molecule has 0 N–H and O–H groups in total. The fourth-order valence-corrected chi connectivity index (χ4v) is 3.82. The summed E-state index contributed by atoms with van der Waals surface area (Å²) in [5, 5.41) is 3.71. The minimum Gasteiger partial charge on any atom is -0.278 e. The minimum absolute atomic E-state index is 0.224. The van der Waals surface area contributed by atoms with Crippen molar-refractivity contribution in [1.82, 2.24) is 0 Å². The highest BCUT2D eigenvalue weighted by Crippen LogP contribution is 2.28. The van der Waals surface area contributed by atoms with E-state index >= 15 is 0 Å². The summed E-state index contributed by atoms with van der Waals surface area (Å²) in [5.74, 6) is 0. The van der Waals surface area contributed by atoms with E-state index in [1.165, 1.54) is 33.1 Å². The maximum absolute atomic E-state index is 12.2. The Hall–Kier alpha value is -1.67. The number of rotatable bonds is 2. The van der Waals surface area contributed by atoms with Crippen molar-refractivity contribution in [3.05, 3.63) is 57.1 Å². The topological polar surface area (TPSA) is 17.1 Å². The van der Waals surface area contributed by atoms with Crippen molar-refractivity contribution in [2.45, 2.75) is 26.7 Å². The number of benzene rings is 2. The number of aryl methyl sites for hydroxylation is 1. The van der Waals surface area contributed by atoms with Crippen molar-refractivity contribution in [3.63, 3.8) is 0 Å². The lowest BCUT2D eigenvalue weighted by molar-refractivity contribution is 1.05. The van der Waals surface area contributed by atoms with E-state index in [0.717, 1.165) is 23.1 Å². The van der Waals surface area contributed by atoms with E-state index < -0.39 is 0 Å². The van der Waals surface area contributed by atoms with E-state index in [4.69, 9.17) is 0 Å². The van der Waals surface area contributed by atoms with Crippen molar-refractivity contribution in [2.75, 3.05) is 0 Å². The predicted octanol–water partition coefficient (Wildman–Crippen LogP) is 4.54. The summed E-state index contributed by atoms with van der Waals surface area (Å²) in [6.45, 7) is 4.20. The summed E-state index contributed by atoms with van der Waals surface area (Å²) < 4.78 is 1.33. The lowest BCUT2D eigenvalue weighted by Crippen LogP contribution is -2.07. The Kier molecular flexibility index (Phi) is 3.11. The van der Waals surface area contributed by atoms with Gasteiger partial charge in [-0.05, 0) is 46.7 Å². The standard InChI is InChI=1S/C17H16OS/c1-3-13-14(4-2)17(18)19-16-10-12-8-6-5-7-11(12)9-15(13)16/h5-10H,3-4H2,1-2H3. The normalized spacial score (nSPS) is 11.3. The molecule has 1 heterocycles. The zero-order valence-electron chi connectivity index (χ0n) is 11.2. The van der Waals surface area contributed by atoms with Crippen LogP contribution in [0.15, 0.2) is 41.2 Å². The third-order valence-corrected chi connectivity index (χ3v) is 4.68. The Morgan fingerprint density at radius 1 is 0.947 bits per heavy atom. The van der Waals surface area contributed by atoms with E-state index in [9.17, 15) is 4.79 Å². The molecule has 0 amide bonds. The van der Waals surface area contributed by atoms with Gasteiger partial charge in [0.15, 0.2) is 0 Å². The van der Waals surface area contributed by atoms with Crippen LogP contribution in [0.25, 0.3) is 20.9 Å². The lowest BCUT2D eigenvalue weighted by atomic mass is 9.99. The minimum atomic E-state index is 0.224. The molecule has 0 unspecified atom stereocenters. The first-order valence-electron chi connectivity index (χ1n) is 6.72. The lowest BCUT2D eigenvalue weighted by Gasteiger charge is -2.10. The maximum atomic E-state index is 12.2.